The van der Waals surface area contributed by atoms with Crippen molar-refractivity contribution in [3.8, 4) is 0 Å². The van der Waals surface area contributed by atoms with E-state index < -0.39 is 17.4 Å². The van der Waals surface area contributed by atoms with Crippen LogP contribution in [-0.4, -0.2) is 74.3 Å². The van der Waals surface area contributed by atoms with Gasteiger partial charge in [0.25, 0.3) is 5.56 Å². The number of fused-ring (bicyclic) bond motifs is 1. The first kappa shape index (κ1) is 17.0. The minimum absolute atomic E-state index is 0.0471. The van der Waals surface area contributed by atoms with E-state index >= 15 is 0 Å². The van der Waals surface area contributed by atoms with Crippen LogP contribution in [0.4, 0.5) is 5.95 Å². The molecule has 1 atom stereocenters. The second-order valence-corrected chi connectivity index (χ2v) is 6.42. The van der Waals surface area contributed by atoms with Gasteiger partial charge in [0.15, 0.2) is 11.2 Å². The van der Waals surface area contributed by atoms with E-state index in [2.05, 4.69) is 19.8 Å². The number of nitrogens with zero attached hydrogens (tertiary/aromatic N) is 5. The molecule has 0 unspecified atom stereocenters. The summed E-state index contributed by atoms with van der Waals surface area (Å²) in [4.78, 5) is 35.2. The minimum Gasteiger partial charge on any atom is -0.390 e. The zero-order chi connectivity index (χ0) is 17.4. The molecule has 0 aliphatic carbocycles. The van der Waals surface area contributed by atoms with Crippen molar-refractivity contribution in [2.24, 2.45) is 7.05 Å². The predicted octanol–water partition coefficient (Wildman–Crippen LogP) is -1.23. The van der Waals surface area contributed by atoms with Gasteiger partial charge in [0.1, 0.15) is 0 Å². The van der Waals surface area contributed by atoms with Gasteiger partial charge in [-0.15, -0.1) is 11.6 Å². The quantitative estimate of drug-likeness (QED) is 0.666. The molecule has 0 amide bonds. The Kier molecular flexibility index (Phi) is 4.66. The number of aliphatic hydroxyl groups is 1. The molecule has 1 fully saturated rings. The standard InChI is InChI=1S/C14H21ClN6O3/c1-18-3-5-20(6-4-18)13-16-11-10(21(13)8-9(22)7-15)12(23)17-14(24)19(11)2/h9,22H,3-8H2,1-2H3,(H,17,23,24)/t9-/m1/s1. The van der Waals surface area contributed by atoms with E-state index in [1.807, 2.05) is 7.05 Å². The summed E-state index contributed by atoms with van der Waals surface area (Å²) >= 11 is 5.73. The first-order valence-corrected chi connectivity index (χ1v) is 8.33. The Labute approximate surface area is 143 Å². The molecule has 2 aromatic rings. The zero-order valence-corrected chi connectivity index (χ0v) is 14.5. The molecule has 10 heteroatoms. The van der Waals surface area contributed by atoms with Crippen molar-refractivity contribution in [2.45, 2.75) is 12.6 Å². The maximum atomic E-state index is 12.3. The van der Waals surface area contributed by atoms with Gasteiger partial charge in [0.05, 0.1) is 18.5 Å². The van der Waals surface area contributed by atoms with E-state index in [0.29, 0.717) is 11.6 Å². The van der Waals surface area contributed by atoms with E-state index in [9.17, 15) is 14.7 Å². The SMILES string of the molecule is CN1CCN(c2nc3c(c(=O)[nH]c(=O)n3C)n2C[C@H](O)CCl)CC1. The van der Waals surface area contributed by atoms with E-state index in [1.165, 1.54) is 4.57 Å². The van der Waals surface area contributed by atoms with Gasteiger partial charge in [-0.1, -0.05) is 0 Å². The molecule has 1 aliphatic rings. The number of aliphatic hydroxyl groups excluding tert-OH is 1. The molecule has 9 nitrogen and oxygen atoms in total. The van der Waals surface area contributed by atoms with Crippen molar-refractivity contribution in [1.29, 1.82) is 0 Å². The second kappa shape index (κ2) is 6.58. The van der Waals surface area contributed by atoms with Gasteiger partial charge in [-0.05, 0) is 7.05 Å². The molecule has 0 radical (unpaired) electrons. The first-order chi connectivity index (χ1) is 11.4. The van der Waals surface area contributed by atoms with Gasteiger partial charge in [-0.25, -0.2) is 4.79 Å². The van der Waals surface area contributed by atoms with Crippen molar-refractivity contribution in [3.05, 3.63) is 20.8 Å². The molecule has 3 heterocycles. The van der Waals surface area contributed by atoms with Gasteiger partial charge >= 0.3 is 5.69 Å². The number of halogens is 1. The number of aromatic nitrogens is 4. The Morgan fingerprint density at radius 2 is 1.92 bits per heavy atom. The number of hydrogen-bond donors (Lipinski definition) is 2. The van der Waals surface area contributed by atoms with Crippen LogP contribution in [0.25, 0.3) is 11.2 Å². The molecule has 1 aliphatic heterocycles. The fourth-order valence-corrected chi connectivity index (χ4v) is 3.00. The fourth-order valence-electron chi connectivity index (χ4n) is 2.90. The Morgan fingerprint density at radius 3 is 2.54 bits per heavy atom. The number of anilines is 1. The van der Waals surface area contributed by atoms with Crippen LogP contribution in [0.5, 0.6) is 0 Å². The third-order valence-corrected chi connectivity index (χ3v) is 4.70. The van der Waals surface area contributed by atoms with Gasteiger partial charge < -0.3 is 19.5 Å². The average Bonchev–Trinajstić information content (AvgIpc) is 2.93. The highest BCUT2D eigenvalue weighted by molar-refractivity contribution is 6.18. The van der Waals surface area contributed by atoms with Crippen LogP contribution in [0.2, 0.25) is 0 Å². The average molecular weight is 357 g/mol. The maximum Gasteiger partial charge on any atom is 0.329 e. The smallest absolute Gasteiger partial charge is 0.329 e. The van der Waals surface area contributed by atoms with Crippen molar-refractivity contribution in [3.63, 3.8) is 0 Å². The Balaban J connectivity index is 2.18. The number of aryl methyl sites for hydroxylation is 1. The lowest BCUT2D eigenvalue weighted by Crippen LogP contribution is -2.45. The molecular formula is C14H21ClN6O3. The number of likely N-dealkylation sites (N-methyl/N-ethyl adjacent to an activating group) is 1. The highest BCUT2D eigenvalue weighted by atomic mass is 35.5. The van der Waals surface area contributed by atoms with Crippen LogP contribution in [0.3, 0.4) is 0 Å². The van der Waals surface area contributed by atoms with E-state index in [4.69, 9.17) is 11.6 Å². The van der Waals surface area contributed by atoms with E-state index in [1.54, 1.807) is 11.6 Å². The molecular weight excluding hydrogens is 336 g/mol. The molecule has 2 N–H and O–H groups in total. The number of alkyl halides is 1. The lowest BCUT2D eigenvalue weighted by molar-refractivity contribution is 0.178. The van der Waals surface area contributed by atoms with Crippen LogP contribution in [-0.2, 0) is 13.6 Å². The third kappa shape index (κ3) is 2.94. The number of rotatable bonds is 4. The highest BCUT2D eigenvalue weighted by Crippen LogP contribution is 2.21. The Bertz CT molecular complexity index is 849. The van der Waals surface area contributed by atoms with Crippen LogP contribution in [0, 0.1) is 0 Å². The highest BCUT2D eigenvalue weighted by Gasteiger charge is 2.24. The molecule has 2 aromatic heterocycles. The molecule has 0 spiro atoms. The summed E-state index contributed by atoms with van der Waals surface area (Å²) in [6.07, 6.45) is -0.813. The van der Waals surface area contributed by atoms with Crippen molar-refractivity contribution in [2.75, 3.05) is 44.0 Å². The second-order valence-electron chi connectivity index (χ2n) is 6.11. The summed E-state index contributed by atoms with van der Waals surface area (Å²) in [7, 11) is 3.61. The van der Waals surface area contributed by atoms with Gasteiger partial charge in [-0.3, -0.25) is 14.3 Å². The van der Waals surface area contributed by atoms with Crippen molar-refractivity contribution < 1.29 is 5.11 Å². The van der Waals surface area contributed by atoms with Crippen LogP contribution in [0.15, 0.2) is 9.59 Å². The summed E-state index contributed by atoms with van der Waals surface area (Å²) in [6.45, 7) is 3.39. The molecule has 24 heavy (non-hydrogen) atoms. The van der Waals surface area contributed by atoms with Crippen LogP contribution >= 0.6 is 11.6 Å². The molecule has 1 saturated heterocycles. The number of hydrogen-bond acceptors (Lipinski definition) is 6. The largest absolute Gasteiger partial charge is 0.390 e. The molecule has 0 saturated carbocycles. The lowest BCUT2D eigenvalue weighted by Gasteiger charge is -2.33. The van der Waals surface area contributed by atoms with Gasteiger partial charge in [-0.2, -0.15) is 4.98 Å². The fraction of sp³-hybridized carbons (Fsp3) is 0.643. The minimum atomic E-state index is -0.813. The van der Waals surface area contributed by atoms with E-state index in [-0.39, 0.29) is 17.9 Å². The van der Waals surface area contributed by atoms with Gasteiger partial charge in [0.2, 0.25) is 5.95 Å². The predicted molar refractivity (Wildman–Crippen MR) is 92.0 cm³/mol. The first-order valence-electron chi connectivity index (χ1n) is 7.79. The van der Waals surface area contributed by atoms with Crippen LogP contribution < -0.4 is 16.1 Å². The zero-order valence-electron chi connectivity index (χ0n) is 13.7. The summed E-state index contributed by atoms with van der Waals surface area (Å²) in [5, 5.41) is 9.98. The molecule has 0 aromatic carbocycles. The summed E-state index contributed by atoms with van der Waals surface area (Å²) in [5.41, 5.74) is -0.447. The maximum absolute atomic E-state index is 12.3. The molecule has 0 bridgehead atoms. The topological polar surface area (TPSA) is 99.4 Å². The van der Waals surface area contributed by atoms with Gasteiger partial charge in [0, 0.05) is 33.2 Å². The Morgan fingerprint density at radius 1 is 1.25 bits per heavy atom. The number of aromatic amines is 1. The van der Waals surface area contributed by atoms with E-state index in [0.717, 1.165) is 26.2 Å². The lowest BCUT2D eigenvalue weighted by atomic mass is 10.3. The normalized spacial score (nSPS) is 17.6. The van der Waals surface area contributed by atoms with Crippen LogP contribution in [0.1, 0.15) is 0 Å². The summed E-state index contributed by atoms with van der Waals surface area (Å²) < 4.78 is 2.96. The number of nitrogens with one attached hydrogen (secondary N) is 1. The Hall–Kier alpha value is -1.84. The number of piperazine rings is 1. The third-order valence-electron chi connectivity index (χ3n) is 4.34. The summed E-state index contributed by atoms with van der Waals surface area (Å²) in [6, 6.07) is 0. The number of H-pyrrole nitrogens is 1. The van der Waals surface area contributed by atoms with Crippen molar-refractivity contribution >= 4 is 28.7 Å². The number of imidazole rings is 1. The summed E-state index contributed by atoms with van der Waals surface area (Å²) in [5.74, 6) is 0.625. The monoisotopic (exact) mass is 356 g/mol. The van der Waals surface area contributed by atoms with Crippen molar-refractivity contribution in [1.82, 2.24) is 24.0 Å². The molecule has 132 valence electrons. The molecule has 3 rings (SSSR count).